The van der Waals surface area contributed by atoms with Crippen LogP contribution >= 0.6 is 11.8 Å². The minimum atomic E-state index is -0.107. The lowest BCUT2D eigenvalue weighted by molar-refractivity contribution is 0.359. The van der Waals surface area contributed by atoms with Crippen LogP contribution in [-0.4, -0.2) is 10.1 Å². The van der Waals surface area contributed by atoms with Gasteiger partial charge in [-0.15, -0.1) is 0 Å². The molecule has 1 heterocycles. The number of ether oxygens (including phenoxy) is 2. The van der Waals surface area contributed by atoms with Gasteiger partial charge in [0.15, 0.2) is 23.0 Å². The lowest BCUT2D eigenvalue weighted by atomic mass is 9.82. The molecule has 2 aliphatic rings. The van der Waals surface area contributed by atoms with Crippen LogP contribution in [0.25, 0.3) is 11.1 Å². The second-order valence-corrected chi connectivity index (χ2v) is 10.0. The molecule has 0 atom stereocenters. The minimum absolute atomic E-state index is 0.107. The van der Waals surface area contributed by atoms with Crippen LogP contribution in [0.3, 0.4) is 0 Å². The van der Waals surface area contributed by atoms with Gasteiger partial charge in [-0.2, -0.15) is 0 Å². The molecule has 2 N–H and O–H groups in total. The Kier molecular flexibility index (Phi) is 4.64. The van der Waals surface area contributed by atoms with E-state index < -0.39 is 0 Å². The van der Waals surface area contributed by atoms with Crippen LogP contribution in [0.4, 0.5) is 0 Å². The molecule has 34 heavy (non-hydrogen) atoms. The first-order chi connectivity index (χ1) is 16.4. The van der Waals surface area contributed by atoms with Crippen molar-refractivity contribution < 1.29 is 9.47 Å². The maximum atomic E-state index is 8.52. The molecule has 5 heteroatoms. The molecule has 0 bridgehead atoms. The van der Waals surface area contributed by atoms with Crippen molar-refractivity contribution in [2.75, 3.05) is 0 Å². The zero-order chi connectivity index (χ0) is 23.4. The molecule has 0 aromatic heterocycles. The fraction of sp³-hybridized carbons (Fsp3) is 0.103. The SMILES string of the molecule is CC1(C)c2ccccc2-c2cc3c(cc21)Oc1ccc(C(=N)SC(=N)c2ccccc2)cc1O3. The van der Waals surface area contributed by atoms with Gasteiger partial charge in [0.05, 0.1) is 0 Å². The summed E-state index contributed by atoms with van der Waals surface area (Å²) in [6.07, 6.45) is 0. The topological polar surface area (TPSA) is 66.2 Å². The number of rotatable bonds is 2. The van der Waals surface area contributed by atoms with Gasteiger partial charge in [0.25, 0.3) is 0 Å². The zero-order valence-corrected chi connectivity index (χ0v) is 19.6. The first-order valence-corrected chi connectivity index (χ1v) is 11.9. The molecular weight excluding hydrogens is 440 g/mol. The summed E-state index contributed by atoms with van der Waals surface area (Å²) in [5.74, 6) is 2.58. The lowest BCUT2D eigenvalue weighted by Gasteiger charge is -2.25. The second-order valence-electron chi connectivity index (χ2n) is 9.01. The smallest absolute Gasteiger partial charge is 0.170 e. The van der Waals surface area contributed by atoms with Crippen molar-refractivity contribution in [1.82, 2.24) is 0 Å². The number of hydrogen-bond acceptors (Lipinski definition) is 5. The predicted octanol–water partition coefficient (Wildman–Crippen LogP) is 7.98. The molecule has 0 amide bonds. The van der Waals surface area contributed by atoms with Crippen LogP contribution in [0.5, 0.6) is 23.0 Å². The van der Waals surface area contributed by atoms with E-state index in [0.29, 0.717) is 33.6 Å². The highest BCUT2D eigenvalue weighted by atomic mass is 32.2. The Morgan fingerprint density at radius 3 is 2.09 bits per heavy atom. The highest BCUT2D eigenvalue weighted by Gasteiger charge is 2.37. The van der Waals surface area contributed by atoms with E-state index in [1.54, 1.807) is 0 Å². The van der Waals surface area contributed by atoms with Gasteiger partial charge in [-0.05, 0) is 52.6 Å². The molecule has 0 saturated carbocycles. The third-order valence-corrected chi connectivity index (χ3v) is 7.41. The van der Waals surface area contributed by atoms with Crippen molar-refractivity contribution >= 4 is 21.8 Å². The average Bonchev–Trinajstić information content (AvgIpc) is 3.08. The van der Waals surface area contributed by atoms with Crippen molar-refractivity contribution in [3.05, 3.63) is 107 Å². The van der Waals surface area contributed by atoms with Gasteiger partial charge in [-0.25, -0.2) is 0 Å². The van der Waals surface area contributed by atoms with Crippen LogP contribution < -0.4 is 9.47 Å². The van der Waals surface area contributed by atoms with E-state index in [-0.39, 0.29) is 10.5 Å². The molecular formula is C29H22N2O2S. The molecule has 1 aliphatic heterocycles. The Balaban J connectivity index is 1.30. The van der Waals surface area contributed by atoms with E-state index in [0.717, 1.165) is 17.3 Å². The van der Waals surface area contributed by atoms with Crippen molar-refractivity contribution in [3.63, 3.8) is 0 Å². The average molecular weight is 463 g/mol. The van der Waals surface area contributed by atoms with Crippen molar-refractivity contribution in [2.24, 2.45) is 0 Å². The number of nitrogens with one attached hydrogen (secondary N) is 2. The van der Waals surface area contributed by atoms with Crippen molar-refractivity contribution in [2.45, 2.75) is 19.3 Å². The van der Waals surface area contributed by atoms with E-state index in [9.17, 15) is 0 Å². The molecule has 0 fully saturated rings. The van der Waals surface area contributed by atoms with Crippen molar-refractivity contribution in [3.8, 4) is 34.1 Å². The predicted molar refractivity (Wildman–Crippen MR) is 138 cm³/mol. The molecule has 4 nitrogen and oxygen atoms in total. The summed E-state index contributed by atoms with van der Waals surface area (Å²) in [7, 11) is 0. The summed E-state index contributed by atoms with van der Waals surface area (Å²) in [5, 5.41) is 17.5. The molecule has 166 valence electrons. The van der Waals surface area contributed by atoms with Gasteiger partial charge in [0.1, 0.15) is 10.1 Å². The maximum Gasteiger partial charge on any atom is 0.170 e. The van der Waals surface area contributed by atoms with E-state index in [1.807, 2.05) is 48.5 Å². The normalized spacial score (nSPS) is 14.1. The number of fused-ring (bicyclic) bond motifs is 5. The fourth-order valence-corrected chi connectivity index (χ4v) is 5.43. The Hall–Kier alpha value is -3.83. The molecule has 6 rings (SSSR count). The zero-order valence-electron chi connectivity index (χ0n) is 18.8. The van der Waals surface area contributed by atoms with Crippen molar-refractivity contribution in [1.29, 1.82) is 10.8 Å². The van der Waals surface area contributed by atoms with Crippen LogP contribution in [0, 0.1) is 10.8 Å². The van der Waals surface area contributed by atoms with E-state index in [2.05, 4.69) is 50.2 Å². The van der Waals surface area contributed by atoms with Crippen LogP contribution in [0.2, 0.25) is 0 Å². The van der Waals surface area contributed by atoms with Gasteiger partial charge < -0.3 is 9.47 Å². The van der Waals surface area contributed by atoms with Gasteiger partial charge in [-0.1, -0.05) is 80.2 Å². The third kappa shape index (κ3) is 3.24. The van der Waals surface area contributed by atoms with Gasteiger partial charge >= 0.3 is 0 Å². The molecule has 0 radical (unpaired) electrons. The Morgan fingerprint density at radius 2 is 1.26 bits per heavy atom. The minimum Gasteiger partial charge on any atom is -0.450 e. The third-order valence-electron chi connectivity index (χ3n) is 6.53. The number of hydrogen-bond donors (Lipinski definition) is 2. The molecule has 4 aromatic rings. The quantitative estimate of drug-likeness (QED) is 0.206. The lowest BCUT2D eigenvalue weighted by Crippen LogP contribution is -2.15. The summed E-state index contributed by atoms with van der Waals surface area (Å²) in [6.45, 7) is 4.48. The standard InChI is InChI=1S/C29H22N2O2S/c1-29(2)21-11-7-6-10-19(21)20-15-25-26(16-22(20)29)32-23-13-12-18(14-24(23)33-25)28(31)34-27(30)17-8-4-3-5-9-17/h3-16,30-31H,1-2H3. The second kappa shape index (κ2) is 7.61. The molecule has 0 unspecified atom stereocenters. The molecule has 0 saturated heterocycles. The summed E-state index contributed by atoms with van der Waals surface area (Å²) >= 11 is 1.12. The molecule has 4 aromatic carbocycles. The molecule has 0 spiro atoms. The highest BCUT2D eigenvalue weighted by molar-refractivity contribution is 8.27. The summed E-state index contributed by atoms with van der Waals surface area (Å²) < 4.78 is 12.5. The number of thioether (sulfide) groups is 1. The largest absolute Gasteiger partial charge is 0.450 e. The maximum absolute atomic E-state index is 8.52. The van der Waals surface area contributed by atoms with Gasteiger partial charge in [-0.3, -0.25) is 10.8 Å². The fourth-order valence-electron chi connectivity index (χ4n) is 4.73. The number of benzene rings is 4. The Labute approximate surface area is 202 Å². The molecule has 1 aliphatic carbocycles. The van der Waals surface area contributed by atoms with E-state index >= 15 is 0 Å². The Bertz CT molecular complexity index is 1490. The van der Waals surface area contributed by atoms with Gasteiger partial charge in [0.2, 0.25) is 0 Å². The summed E-state index contributed by atoms with van der Waals surface area (Å²) in [5.41, 5.74) is 6.30. The van der Waals surface area contributed by atoms with E-state index in [1.165, 1.54) is 22.3 Å². The van der Waals surface area contributed by atoms with Crippen LogP contribution in [0.1, 0.15) is 36.1 Å². The van der Waals surface area contributed by atoms with E-state index in [4.69, 9.17) is 20.3 Å². The summed E-state index contributed by atoms with van der Waals surface area (Å²) in [6, 6.07) is 27.6. The first kappa shape index (κ1) is 20.8. The Morgan fingerprint density at radius 1 is 0.618 bits per heavy atom. The first-order valence-electron chi connectivity index (χ1n) is 11.1. The monoisotopic (exact) mass is 462 g/mol. The summed E-state index contributed by atoms with van der Waals surface area (Å²) in [4.78, 5) is 0. The van der Waals surface area contributed by atoms with Crippen LogP contribution in [-0.2, 0) is 5.41 Å². The highest BCUT2D eigenvalue weighted by Crippen LogP contribution is 2.55. The van der Waals surface area contributed by atoms with Crippen LogP contribution in [0.15, 0.2) is 84.9 Å². The van der Waals surface area contributed by atoms with Gasteiger partial charge in [0, 0.05) is 16.5 Å².